The van der Waals surface area contributed by atoms with Crippen molar-refractivity contribution in [3.8, 4) is 5.69 Å². The van der Waals surface area contributed by atoms with Crippen molar-refractivity contribution < 1.29 is 23.5 Å². The summed E-state index contributed by atoms with van der Waals surface area (Å²) in [7, 11) is 0. The number of rotatable bonds is 4. The zero-order valence-corrected chi connectivity index (χ0v) is 14.5. The first-order chi connectivity index (χ1) is 13.4. The summed E-state index contributed by atoms with van der Waals surface area (Å²) in [6, 6.07) is 4.62. The SMILES string of the molecule is O=C(O)Cc1cncc(N2CCc3nn(-c4cc(F)cc(F)c4)cc3C2=O)c1. The van der Waals surface area contributed by atoms with Gasteiger partial charge in [-0.1, -0.05) is 0 Å². The van der Waals surface area contributed by atoms with Gasteiger partial charge in [-0.3, -0.25) is 14.6 Å². The molecular formula is C19H14F2N4O3. The average molecular weight is 384 g/mol. The smallest absolute Gasteiger partial charge is 0.307 e. The highest BCUT2D eigenvalue weighted by molar-refractivity contribution is 6.07. The molecule has 0 saturated carbocycles. The molecule has 9 heteroatoms. The van der Waals surface area contributed by atoms with Crippen molar-refractivity contribution >= 4 is 17.6 Å². The number of carbonyl (C=O) groups is 2. The maximum atomic E-state index is 13.5. The van der Waals surface area contributed by atoms with Gasteiger partial charge in [0, 0.05) is 31.4 Å². The number of anilines is 1. The zero-order chi connectivity index (χ0) is 19.8. The second kappa shape index (κ2) is 6.84. The number of amides is 1. The van der Waals surface area contributed by atoms with Gasteiger partial charge >= 0.3 is 5.97 Å². The lowest BCUT2D eigenvalue weighted by Crippen LogP contribution is -2.37. The molecule has 0 radical (unpaired) electrons. The van der Waals surface area contributed by atoms with Crippen LogP contribution in [0.5, 0.6) is 0 Å². The molecule has 0 aliphatic carbocycles. The van der Waals surface area contributed by atoms with E-state index in [0.29, 0.717) is 35.5 Å². The molecule has 1 N–H and O–H groups in total. The van der Waals surface area contributed by atoms with E-state index in [-0.39, 0.29) is 18.0 Å². The van der Waals surface area contributed by atoms with Crippen molar-refractivity contribution in [2.24, 2.45) is 0 Å². The Labute approximate surface area is 157 Å². The number of aliphatic carboxylic acids is 1. The van der Waals surface area contributed by atoms with Crippen LogP contribution in [0.1, 0.15) is 21.6 Å². The Balaban J connectivity index is 1.66. The van der Waals surface area contributed by atoms with E-state index in [1.54, 1.807) is 6.07 Å². The second-order valence-corrected chi connectivity index (χ2v) is 6.39. The van der Waals surface area contributed by atoms with Crippen LogP contribution in [0.25, 0.3) is 5.69 Å². The van der Waals surface area contributed by atoms with Crippen LogP contribution < -0.4 is 4.90 Å². The third kappa shape index (κ3) is 3.34. The van der Waals surface area contributed by atoms with Gasteiger partial charge in [0.2, 0.25) is 0 Å². The van der Waals surface area contributed by atoms with Gasteiger partial charge in [0.25, 0.3) is 5.91 Å². The highest BCUT2D eigenvalue weighted by Gasteiger charge is 2.29. The Morgan fingerprint density at radius 2 is 1.86 bits per heavy atom. The van der Waals surface area contributed by atoms with Crippen LogP contribution in [0.2, 0.25) is 0 Å². The summed E-state index contributed by atoms with van der Waals surface area (Å²) in [5.41, 5.74) is 1.99. The molecule has 0 spiro atoms. The molecule has 7 nitrogen and oxygen atoms in total. The topological polar surface area (TPSA) is 88.3 Å². The highest BCUT2D eigenvalue weighted by atomic mass is 19.1. The van der Waals surface area contributed by atoms with E-state index in [4.69, 9.17) is 5.11 Å². The van der Waals surface area contributed by atoms with Crippen molar-refractivity contribution in [2.45, 2.75) is 12.8 Å². The Bertz CT molecular complexity index is 1080. The number of benzene rings is 1. The Kier molecular flexibility index (Phi) is 4.34. The van der Waals surface area contributed by atoms with Gasteiger partial charge in [0.05, 0.1) is 35.2 Å². The Morgan fingerprint density at radius 1 is 1.11 bits per heavy atom. The summed E-state index contributed by atoms with van der Waals surface area (Å²) >= 11 is 0. The first-order valence-electron chi connectivity index (χ1n) is 8.43. The molecule has 0 saturated heterocycles. The fourth-order valence-electron chi connectivity index (χ4n) is 3.18. The summed E-state index contributed by atoms with van der Waals surface area (Å²) in [5.74, 6) is -2.80. The number of fused-ring (bicyclic) bond motifs is 1. The molecule has 1 aromatic carbocycles. The summed E-state index contributed by atoms with van der Waals surface area (Å²) in [4.78, 5) is 29.3. The van der Waals surface area contributed by atoms with Gasteiger partial charge in [-0.25, -0.2) is 13.5 Å². The molecule has 1 aliphatic heterocycles. The number of carboxylic acids is 1. The van der Waals surface area contributed by atoms with E-state index in [1.165, 1.54) is 28.2 Å². The molecule has 3 aromatic rings. The maximum Gasteiger partial charge on any atom is 0.307 e. The Morgan fingerprint density at radius 3 is 2.57 bits per heavy atom. The molecule has 4 rings (SSSR count). The molecule has 0 bridgehead atoms. The van der Waals surface area contributed by atoms with Crippen LogP contribution in [0.3, 0.4) is 0 Å². The van der Waals surface area contributed by atoms with E-state index < -0.39 is 17.6 Å². The Hall–Kier alpha value is -3.62. The fourth-order valence-corrected chi connectivity index (χ4v) is 3.18. The van der Waals surface area contributed by atoms with Gasteiger partial charge in [-0.15, -0.1) is 0 Å². The van der Waals surface area contributed by atoms with Gasteiger partial charge in [-0.05, 0) is 23.8 Å². The van der Waals surface area contributed by atoms with E-state index in [2.05, 4.69) is 10.1 Å². The van der Waals surface area contributed by atoms with Crippen LogP contribution in [0.4, 0.5) is 14.5 Å². The van der Waals surface area contributed by atoms with Crippen molar-refractivity contribution in [3.63, 3.8) is 0 Å². The molecule has 1 amide bonds. The number of aromatic nitrogens is 3. The van der Waals surface area contributed by atoms with E-state index in [0.717, 1.165) is 18.2 Å². The second-order valence-electron chi connectivity index (χ2n) is 6.39. The quantitative estimate of drug-likeness (QED) is 0.746. The molecule has 2 aromatic heterocycles. The number of pyridine rings is 1. The third-order valence-electron chi connectivity index (χ3n) is 4.40. The van der Waals surface area contributed by atoms with E-state index in [9.17, 15) is 18.4 Å². The van der Waals surface area contributed by atoms with Crippen molar-refractivity contribution in [1.29, 1.82) is 0 Å². The molecular weight excluding hydrogens is 370 g/mol. The number of halogens is 2. The number of hydrogen-bond donors (Lipinski definition) is 1. The van der Waals surface area contributed by atoms with Crippen LogP contribution in [-0.4, -0.2) is 38.3 Å². The molecule has 0 fully saturated rings. The molecule has 0 atom stereocenters. The van der Waals surface area contributed by atoms with E-state index in [1.807, 2.05) is 0 Å². The first-order valence-corrected chi connectivity index (χ1v) is 8.43. The predicted octanol–water partition coefficient (Wildman–Crippen LogP) is 2.38. The summed E-state index contributed by atoms with van der Waals surface area (Å²) in [5, 5.41) is 13.2. The minimum absolute atomic E-state index is 0.177. The molecule has 28 heavy (non-hydrogen) atoms. The molecule has 0 unspecified atom stereocenters. The van der Waals surface area contributed by atoms with Crippen molar-refractivity contribution in [1.82, 2.24) is 14.8 Å². The lowest BCUT2D eigenvalue weighted by Gasteiger charge is -2.26. The largest absolute Gasteiger partial charge is 0.481 e. The number of carboxylic acid groups (broad SMARTS) is 1. The van der Waals surface area contributed by atoms with Gasteiger partial charge < -0.3 is 10.0 Å². The summed E-state index contributed by atoms with van der Waals surface area (Å²) in [6.45, 7) is 0.332. The lowest BCUT2D eigenvalue weighted by molar-refractivity contribution is -0.136. The normalized spacial score (nSPS) is 13.5. The molecule has 3 heterocycles. The van der Waals surface area contributed by atoms with E-state index >= 15 is 0 Å². The third-order valence-corrected chi connectivity index (χ3v) is 4.40. The number of nitrogens with zero attached hydrogens (tertiary/aromatic N) is 4. The van der Waals surface area contributed by atoms with Crippen LogP contribution in [0, 0.1) is 11.6 Å². The maximum absolute atomic E-state index is 13.5. The summed E-state index contributed by atoms with van der Waals surface area (Å²) < 4.78 is 28.2. The fraction of sp³-hybridized carbons (Fsp3) is 0.158. The number of carbonyl (C=O) groups excluding carboxylic acids is 1. The van der Waals surface area contributed by atoms with Crippen LogP contribution in [-0.2, 0) is 17.6 Å². The zero-order valence-electron chi connectivity index (χ0n) is 14.5. The van der Waals surface area contributed by atoms with Crippen LogP contribution in [0.15, 0.2) is 42.9 Å². The monoisotopic (exact) mass is 384 g/mol. The van der Waals surface area contributed by atoms with Gasteiger partial charge in [-0.2, -0.15) is 5.10 Å². The predicted molar refractivity (Wildman–Crippen MR) is 94.4 cm³/mol. The summed E-state index contributed by atoms with van der Waals surface area (Å²) in [6.07, 6.45) is 4.60. The molecule has 1 aliphatic rings. The first kappa shape index (κ1) is 17.8. The minimum Gasteiger partial charge on any atom is -0.481 e. The van der Waals surface area contributed by atoms with Gasteiger partial charge in [0.15, 0.2) is 0 Å². The molecule has 142 valence electrons. The standard InChI is InChI=1S/C19H14F2N4O3/c20-12-5-13(21)7-14(6-12)25-10-16-17(23-25)1-2-24(19(16)28)15-3-11(4-18(26)27)8-22-9-15/h3,5-10H,1-2,4H2,(H,26,27). The highest BCUT2D eigenvalue weighted by Crippen LogP contribution is 2.25. The minimum atomic E-state index is -0.991. The van der Waals surface area contributed by atoms with Crippen LogP contribution >= 0.6 is 0 Å². The van der Waals surface area contributed by atoms with Crippen molar-refractivity contribution in [3.05, 3.63) is 71.3 Å². The average Bonchev–Trinajstić information content (AvgIpc) is 3.06. The van der Waals surface area contributed by atoms with Crippen molar-refractivity contribution in [2.75, 3.05) is 11.4 Å². The lowest BCUT2D eigenvalue weighted by atomic mass is 10.1. The van der Waals surface area contributed by atoms with Gasteiger partial charge in [0.1, 0.15) is 11.6 Å². The number of hydrogen-bond acceptors (Lipinski definition) is 4.